The van der Waals surface area contributed by atoms with Crippen LogP contribution in [0.25, 0.3) is 0 Å². The maximum Gasteiger partial charge on any atom is 0.223 e. The molecule has 17 heavy (non-hydrogen) atoms. The van der Waals surface area contributed by atoms with E-state index in [-0.39, 0.29) is 11.5 Å². The fourth-order valence-electron chi connectivity index (χ4n) is 1.26. The van der Waals surface area contributed by atoms with Crippen LogP contribution in [0.3, 0.4) is 0 Å². The number of benzene rings is 1. The molecule has 0 spiro atoms. The number of hydrogen-bond donors (Lipinski definition) is 1. The van der Waals surface area contributed by atoms with Crippen molar-refractivity contribution in [2.45, 2.75) is 6.42 Å². The molecular formula is C12H14FN3O. The first kappa shape index (κ1) is 13.0. The molecule has 1 rings (SSSR count). The van der Waals surface area contributed by atoms with E-state index in [9.17, 15) is 9.18 Å². The summed E-state index contributed by atoms with van der Waals surface area (Å²) >= 11 is 0. The second kappa shape index (κ2) is 5.85. The molecule has 0 fully saturated rings. The van der Waals surface area contributed by atoms with Gasteiger partial charge in [-0.05, 0) is 18.2 Å². The molecule has 0 heterocycles. The minimum absolute atomic E-state index is 0.0217. The molecular weight excluding hydrogens is 221 g/mol. The van der Waals surface area contributed by atoms with Gasteiger partial charge in [-0.15, -0.1) is 0 Å². The summed E-state index contributed by atoms with van der Waals surface area (Å²) in [6.45, 7) is 0.361. The number of nitrogens with one attached hydrogen (secondary N) is 1. The number of carbonyl (C=O) groups excluding carboxylic acids is 1. The van der Waals surface area contributed by atoms with Gasteiger partial charge in [-0.2, -0.15) is 5.26 Å². The Morgan fingerprint density at radius 2 is 2.24 bits per heavy atom. The van der Waals surface area contributed by atoms with E-state index >= 15 is 0 Å². The summed E-state index contributed by atoms with van der Waals surface area (Å²) in [5.74, 6) is -0.507. The van der Waals surface area contributed by atoms with Crippen LogP contribution in [0.2, 0.25) is 0 Å². The maximum absolute atomic E-state index is 13.4. The van der Waals surface area contributed by atoms with E-state index in [1.807, 2.05) is 6.07 Å². The SMILES string of the molecule is CN(C)C(=O)CCNc1ccc(C#N)cc1F. The van der Waals surface area contributed by atoms with Crippen molar-refractivity contribution in [1.29, 1.82) is 5.26 Å². The lowest BCUT2D eigenvalue weighted by molar-refractivity contribution is -0.128. The minimum Gasteiger partial charge on any atom is -0.382 e. The molecule has 0 atom stereocenters. The molecule has 90 valence electrons. The van der Waals surface area contributed by atoms with Crippen LogP contribution in [-0.4, -0.2) is 31.4 Å². The van der Waals surface area contributed by atoms with Crippen molar-refractivity contribution in [2.24, 2.45) is 0 Å². The van der Waals surface area contributed by atoms with Crippen molar-refractivity contribution in [3.8, 4) is 6.07 Å². The summed E-state index contributed by atoms with van der Waals surface area (Å²) < 4.78 is 13.4. The van der Waals surface area contributed by atoms with Crippen LogP contribution >= 0.6 is 0 Å². The first-order valence-electron chi connectivity index (χ1n) is 5.18. The molecule has 1 amide bonds. The Labute approximate surface area is 99.7 Å². The van der Waals surface area contributed by atoms with Crippen LogP contribution in [0, 0.1) is 17.1 Å². The normalized spacial score (nSPS) is 9.53. The molecule has 0 aliphatic carbocycles. The lowest BCUT2D eigenvalue weighted by atomic mass is 10.2. The summed E-state index contributed by atoms with van der Waals surface area (Å²) in [5.41, 5.74) is 0.577. The largest absolute Gasteiger partial charge is 0.382 e. The van der Waals surface area contributed by atoms with Gasteiger partial charge in [-0.25, -0.2) is 4.39 Å². The highest BCUT2D eigenvalue weighted by Crippen LogP contribution is 2.15. The van der Waals surface area contributed by atoms with Gasteiger partial charge in [0.2, 0.25) is 5.91 Å². The monoisotopic (exact) mass is 235 g/mol. The standard InChI is InChI=1S/C12H14FN3O/c1-16(2)12(17)5-6-15-11-4-3-9(8-14)7-10(11)13/h3-4,7,15H,5-6H2,1-2H3. The van der Waals surface area contributed by atoms with Crippen molar-refractivity contribution in [3.05, 3.63) is 29.6 Å². The van der Waals surface area contributed by atoms with Crippen LogP contribution < -0.4 is 5.32 Å². The van der Waals surface area contributed by atoms with E-state index in [2.05, 4.69) is 5.32 Å². The van der Waals surface area contributed by atoms with E-state index in [4.69, 9.17) is 5.26 Å². The number of halogens is 1. The number of hydrogen-bond acceptors (Lipinski definition) is 3. The topological polar surface area (TPSA) is 56.1 Å². The van der Waals surface area contributed by atoms with Gasteiger partial charge in [0.05, 0.1) is 17.3 Å². The number of nitrogens with zero attached hydrogens (tertiary/aromatic N) is 2. The Hall–Kier alpha value is -2.09. The van der Waals surface area contributed by atoms with Gasteiger partial charge in [0.25, 0.3) is 0 Å². The lowest BCUT2D eigenvalue weighted by Crippen LogP contribution is -2.24. The highest BCUT2D eigenvalue weighted by molar-refractivity contribution is 5.76. The second-order valence-corrected chi connectivity index (χ2v) is 3.77. The summed E-state index contributed by atoms with van der Waals surface area (Å²) in [7, 11) is 3.34. The van der Waals surface area contributed by atoms with E-state index in [0.29, 0.717) is 18.7 Å². The van der Waals surface area contributed by atoms with Crippen molar-refractivity contribution >= 4 is 11.6 Å². The average molecular weight is 235 g/mol. The predicted octanol–water partition coefficient (Wildman–Crippen LogP) is 1.59. The average Bonchev–Trinajstić information content (AvgIpc) is 2.30. The predicted molar refractivity (Wildman–Crippen MR) is 62.9 cm³/mol. The highest BCUT2D eigenvalue weighted by Gasteiger charge is 2.05. The van der Waals surface area contributed by atoms with E-state index in [1.54, 1.807) is 14.1 Å². The fourth-order valence-corrected chi connectivity index (χ4v) is 1.26. The fraction of sp³-hybridized carbons (Fsp3) is 0.333. The molecule has 1 aromatic carbocycles. The number of carbonyl (C=O) groups is 1. The van der Waals surface area contributed by atoms with Crippen LogP contribution in [0.1, 0.15) is 12.0 Å². The van der Waals surface area contributed by atoms with E-state index in [0.717, 1.165) is 6.07 Å². The molecule has 0 aromatic heterocycles. The highest BCUT2D eigenvalue weighted by atomic mass is 19.1. The minimum atomic E-state index is -0.485. The van der Waals surface area contributed by atoms with Crippen LogP contribution in [0.15, 0.2) is 18.2 Å². The molecule has 0 saturated carbocycles. The van der Waals surface area contributed by atoms with E-state index in [1.165, 1.54) is 17.0 Å². The number of anilines is 1. The van der Waals surface area contributed by atoms with Gasteiger partial charge in [0.15, 0.2) is 0 Å². The number of amides is 1. The molecule has 0 aliphatic rings. The number of nitriles is 1. The third-order valence-electron chi connectivity index (χ3n) is 2.25. The molecule has 1 N–H and O–H groups in total. The summed E-state index contributed by atoms with van der Waals surface area (Å²) in [4.78, 5) is 12.8. The Morgan fingerprint density at radius 3 is 2.76 bits per heavy atom. The van der Waals surface area contributed by atoms with Crippen molar-refractivity contribution in [1.82, 2.24) is 4.90 Å². The smallest absolute Gasteiger partial charge is 0.223 e. The summed E-state index contributed by atoms with van der Waals surface area (Å²) in [6.07, 6.45) is 0.298. The van der Waals surface area contributed by atoms with Gasteiger partial charge < -0.3 is 10.2 Å². The van der Waals surface area contributed by atoms with Crippen molar-refractivity contribution in [3.63, 3.8) is 0 Å². The molecule has 4 nitrogen and oxygen atoms in total. The van der Waals surface area contributed by atoms with Gasteiger partial charge in [-0.1, -0.05) is 0 Å². The molecule has 0 saturated heterocycles. The van der Waals surface area contributed by atoms with Gasteiger partial charge in [-0.3, -0.25) is 4.79 Å². The Balaban J connectivity index is 2.53. The Kier molecular flexibility index (Phi) is 4.46. The summed E-state index contributed by atoms with van der Waals surface area (Å²) in [6, 6.07) is 6.04. The second-order valence-electron chi connectivity index (χ2n) is 3.77. The zero-order valence-corrected chi connectivity index (χ0v) is 9.83. The Bertz CT molecular complexity index is 452. The van der Waals surface area contributed by atoms with Gasteiger partial charge >= 0.3 is 0 Å². The zero-order valence-electron chi connectivity index (χ0n) is 9.83. The molecule has 0 unspecified atom stereocenters. The quantitative estimate of drug-likeness (QED) is 0.862. The first-order valence-corrected chi connectivity index (χ1v) is 5.18. The molecule has 5 heteroatoms. The third kappa shape index (κ3) is 3.76. The molecule has 0 bridgehead atoms. The summed E-state index contributed by atoms with van der Waals surface area (Å²) in [5, 5.41) is 11.4. The molecule has 0 aliphatic heterocycles. The molecule has 0 radical (unpaired) electrons. The van der Waals surface area contributed by atoms with Gasteiger partial charge in [0, 0.05) is 27.1 Å². The Morgan fingerprint density at radius 1 is 1.53 bits per heavy atom. The van der Waals surface area contributed by atoms with E-state index < -0.39 is 5.82 Å². The van der Waals surface area contributed by atoms with Gasteiger partial charge in [0.1, 0.15) is 5.82 Å². The van der Waals surface area contributed by atoms with Crippen LogP contribution in [-0.2, 0) is 4.79 Å². The van der Waals surface area contributed by atoms with Crippen molar-refractivity contribution in [2.75, 3.05) is 26.0 Å². The lowest BCUT2D eigenvalue weighted by Gasteiger charge is -2.11. The number of rotatable bonds is 4. The van der Waals surface area contributed by atoms with Crippen LogP contribution in [0.4, 0.5) is 10.1 Å². The van der Waals surface area contributed by atoms with Crippen LogP contribution in [0.5, 0.6) is 0 Å². The maximum atomic E-state index is 13.4. The van der Waals surface area contributed by atoms with Crippen molar-refractivity contribution < 1.29 is 9.18 Å². The molecule has 1 aromatic rings. The first-order chi connectivity index (χ1) is 8.04. The zero-order chi connectivity index (χ0) is 12.8. The third-order valence-corrected chi connectivity index (χ3v) is 2.25.